The fourth-order valence-electron chi connectivity index (χ4n) is 2.86. The molecule has 0 bridgehead atoms. The molecule has 6 heteroatoms. The van der Waals surface area contributed by atoms with Gasteiger partial charge < -0.3 is 9.84 Å². The molecule has 1 N–H and O–H groups in total. The van der Waals surface area contributed by atoms with Crippen LogP contribution in [0.2, 0.25) is 0 Å². The van der Waals surface area contributed by atoms with Crippen molar-refractivity contribution in [3.05, 3.63) is 35.9 Å². The summed E-state index contributed by atoms with van der Waals surface area (Å²) < 4.78 is 10.0. The van der Waals surface area contributed by atoms with Crippen LogP contribution < -0.4 is 0 Å². The topological polar surface area (TPSA) is 35.9 Å². The predicted molar refractivity (Wildman–Crippen MR) is 113 cm³/mol. The Balaban J connectivity index is 0.000000671. The van der Waals surface area contributed by atoms with Crippen molar-refractivity contribution < 1.29 is 9.84 Å². The van der Waals surface area contributed by atoms with Crippen LogP contribution in [0.3, 0.4) is 0 Å². The molecule has 2 atom stereocenters. The Morgan fingerprint density at radius 2 is 1.67 bits per heavy atom. The Morgan fingerprint density at radius 1 is 1.04 bits per heavy atom. The molecule has 0 radical (unpaired) electrons. The molecule has 138 valence electrons. The Labute approximate surface area is 165 Å². The zero-order valence-corrected chi connectivity index (χ0v) is 18.0. The van der Waals surface area contributed by atoms with Crippen LogP contribution in [-0.2, 0) is 4.74 Å². The first kappa shape index (κ1) is 22.2. The molecule has 2 aliphatic heterocycles. The van der Waals surface area contributed by atoms with Gasteiger partial charge in [0.25, 0.3) is 0 Å². The lowest BCUT2D eigenvalue weighted by Gasteiger charge is -2.38. The summed E-state index contributed by atoms with van der Waals surface area (Å²) in [5.74, 6) is 0.425. The van der Waals surface area contributed by atoms with Gasteiger partial charge in [-0.3, -0.25) is 0 Å². The average molecular weight is 466 g/mol. The summed E-state index contributed by atoms with van der Waals surface area (Å²) in [7, 11) is 0. The Bertz CT molecular complexity index is 419. The van der Waals surface area contributed by atoms with E-state index in [1.165, 1.54) is 5.56 Å². The average Bonchev–Trinajstić information content (AvgIpc) is 2.66. The molecule has 3 rings (SSSR count). The van der Waals surface area contributed by atoms with Crippen molar-refractivity contribution in [2.24, 2.45) is 0 Å². The fourth-order valence-corrected chi connectivity index (χ4v) is 3.98. The first-order chi connectivity index (χ1) is 11.8. The zero-order valence-electron chi connectivity index (χ0n) is 15.0. The standard InChI is InChI=1S/C15H22N2O2S.C2H6.CH3I/c18-15-10-14(13-4-2-1-3-5-13)11-17(12-15)20-16-6-8-19-9-7-16;2*1-2/h1-5,14-15,18H,6-12H2;1-2H3;1H3. The van der Waals surface area contributed by atoms with E-state index < -0.39 is 0 Å². The Kier molecular flexibility index (Phi) is 12.3. The van der Waals surface area contributed by atoms with Crippen LogP contribution in [0.1, 0.15) is 31.7 Å². The maximum absolute atomic E-state index is 10.1. The van der Waals surface area contributed by atoms with Crippen molar-refractivity contribution in [2.45, 2.75) is 32.3 Å². The number of ether oxygens (including phenoxy) is 1. The minimum Gasteiger partial charge on any atom is -0.392 e. The van der Waals surface area contributed by atoms with Crippen molar-refractivity contribution in [2.75, 3.05) is 44.3 Å². The van der Waals surface area contributed by atoms with E-state index in [0.717, 1.165) is 45.8 Å². The summed E-state index contributed by atoms with van der Waals surface area (Å²) in [6.07, 6.45) is 0.631. The SMILES string of the molecule is CC.CI.OC1CC(c2ccccc2)CN(SN2CCOCC2)C1. The normalized spacial score (nSPS) is 25.0. The number of rotatable bonds is 3. The predicted octanol–water partition coefficient (Wildman–Crippen LogP) is 3.81. The summed E-state index contributed by atoms with van der Waals surface area (Å²) in [6, 6.07) is 10.5. The molecule has 1 aromatic carbocycles. The molecule has 0 spiro atoms. The van der Waals surface area contributed by atoms with Gasteiger partial charge in [0.2, 0.25) is 0 Å². The van der Waals surface area contributed by atoms with Crippen molar-refractivity contribution in [3.8, 4) is 0 Å². The highest BCUT2D eigenvalue weighted by Gasteiger charge is 2.29. The number of aliphatic hydroxyl groups excluding tert-OH is 1. The third-order valence-corrected chi connectivity index (χ3v) is 4.99. The minimum absolute atomic E-state index is 0.234. The molecule has 2 aliphatic rings. The molecule has 0 aliphatic carbocycles. The van der Waals surface area contributed by atoms with Gasteiger partial charge in [0.05, 0.1) is 19.3 Å². The summed E-state index contributed by atoms with van der Waals surface area (Å²) in [4.78, 5) is 1.97. The number of alkyl halides is 1. The minimum atomic E-state index is -0.234. The summed E-state index contributed by atoms with van der Waals surface area (Å²) in [6.45, 7) is 9.31. The van der Waals surface area contributed by atoms with Crippen molar-refractivity contribution in [3.63, 3.8) is 0 Å². The van der Waals surface area contributed by atoms with Crippen LogP contribution in [0.15, 0.2) is 30.3 Å². The lowest BCUT2D eigenvalue weighted by molar-refractivity contribution is 0.0711. The first-order valence-electron chi connectivity index (χ1n) is 8.68. The van der Waals surface area contributed by atoms with E-state index >= 15 is 0 Å². The third kappa shape index (κ3) is 7.58. The summed E-state index contributed by atoms with van der Waals surface area (Å²) in [5, 5.41) is 10.1. The molecule has 2 saturated heterocycles. The summed E-state index contributed by atoms with van der Waals surface area (Å²) in [5.41, 5.74) is 1.33. The lowest BCUT2D eigenvalue weighted by atomic mass is 9.90. The molecule has 0 saturated carbocycles. The molecule has 0 amide bonds. The van der Waals surface area contributed by atoms with E-state index in [4.69, 9.17) is 4.74 Å². The van der Waals surface area contributed by atoms with Crippen LogP contribution in [0.4, 0.5) is 0 Å². The molecule has 2 heterocycles. The Morgan fingerprint density at radius 3 is 2.29 bits per heavy atom. The van der Waals surface area contributed by atoms with Crippen molar-refractivity contribution in [1.29, 1.82) is 0 Å². The van der Waals surface area contributed by atoms with Gasteiger partial charge in [-0.2, -0.15) is 0 Å². The second-order valence-electron chi connectivity index (χ2n) is 5.47. The second-order valence-corrected chi connectivity index (χ2v) is 6.66. The molecule has 0 aromatic heterocycles. The quantitative estimate of drug-likeness (QED) is 0.417. The van der Waals surface area contributed by atoms with E-state index in [9.17, 15) is 5.11 Å². The number of piperidine rings is 1. The molecule has 2 fully saturated rings. The number of halogens is 1. The highest BCUT2D eigenvalue weighted by molar-refractivity contribution is 14.1. The van der Waals surface area contributed by atoms with Crippen molar-refractivity contribution >= 4 is 34.7 Å². The van der Waals surface area contributed by atoms with Crippen LogP contribution in [0.25, 0.3) is 0 Å². The van der Waals surface area contributed by atoms with E-state index in [-0.39, 0.29) is 6.10 Å². The van der Waals surface area contributed by atoms with Crippen LogP contribution in [-0.4, -0.2) is 64.1 Å². The molecule has 2 unspecified atom stereocenters. The molecule has 1 aromatic rings. The van der Waals surface area contributed by atoms with Crippen LogP contribution in [0, 0.1) is 0 Å². The number of morpholine rings is 1. The maximum atomic E-state index is 10.1. The largest absolute Gasteiger partial charge is 0.392 e. The number of hydrogen-bond acceptors (Lipinski definition) is 5. The van der Waals surface area contributed by atoms with Gasteiger partial charge in [-0.25, -0.2) is 8.61 Å². The van der Waals surface area contributed by atoms with E-state index in [0.29, 0.717) is 5.92 Å². The summed E-state index contributed by atoms with van der Waals surface area (Å²) >= 11 is 3.92. The number of β-amino-alcohol motifs (C(OH)–C–C–N with tert-alkyl or cyclic N) is 1. The van der Waals surface area contributed by atoms with Crippen LogP contribution in [0.5, 0.6) is 0 Å². The van der Waals surface area contributed by atoms with E-state index in [2.05, 4.69) is 55.5 Å². The van der Waals surface area contributed by atoms with Gasteiger partial charge in [-0.1, -0.05) is 66.8 Å². The lowest BCUT2D eigenvalue weighted by Crippen LogP contribution is -2.42. The molecular weight excluding hydrogens is 435 g/mol. The number of nitrogens with zero attached hydrogens (tertiary/aromatic N) is 2. The van der Waals surface area contributed by atoms with Gasteiger partial charge in [0, 0.05) is 44.2 Å². The molecule has 24 heavy (non-hydrogen) atoms. The zero-order chi connectivity index (χ0) is 17.8. The highest BCUT2D eigenvalue weighted by atomic mass is 127. The Hall–Kier alpha value is 0.140. The number of aliphatic hydroxyl groups is 1. The molecule has 4 nitrogen and oxygen atoms in total. The monoisotopic (exact) mass is 466 g/mol. The highest BCUT2D eigenvalue weighted by Crippen LogP contribution is 2.31. The fraction of sp³-hybridized carbons (Fsp3) is 0.667. The molecular formula is C18H31IN2O2S. The second kappa shape index (κ2) is 13.4. The number of hydrogen-bond donors (Lipinski definition) is 1. The van der Waals surface area contributed by atoms with E-state index in [1.807, 2.05) is 24.8 Å². The van der Waals surface area contributed by atoms with Gasteiger partial charge in [0.1, 0.15) is 0 Å². The smallest absolute Gasteiger partial charge is 0.0683 e. The van der Waals surface area contributed by atoms with Gasteiger partial charge in [-0.15, -0.1) is 0 Å². The number of benzene rings is 1. The third-order valence-electron chi connectivity index (χ3n) is 3.87. The van der Waals surface area contributed by atoms with Gasteiger partial charge >= 0.3 is 0 Å². The van der Waals surface area contributed by atoms with Crippen LogP contribution >= 0.6 is 34.7 Å². The maximum Gasteiger partial charge on any atom is 0.0683 e. The van der Waals surface area contributed by atoms with Crippen molar-refractivity contribution in [1.82, 2.24) is 8.61 Å². The van der Waals surface area contributed by atoms with Gasteiger partial charge in [-0.05, 0) is 16.9 Å². The van der Waals surface area contributed by atoms with E-state index in [1.54, 1.807) is 12.1 Å². The first-order valence-corrected chi connectivity index (χ1v) is 11.6. The van der Waals surface area contributed by atoms with Gasteiger partial charge in [0.15, 0.2) is 0 Å².